The van der Waals surface area contributed by atoms with Gasteiger partial charge in [-0.1, -0.05) is 60.7 Å². The lowest BCUT2D eigenvalue weighted by atomic mass is 10.0. The van der Waals surface area contributed by atoms with Crippen LogP contribution in [0.5, 0.6) is 0 Å². The van der Waals surface area contributed by atoms with Gasteiger partial charge in [-0.15, -0.1) is 0 Å². The SMILES string of the molecule is C=C/C=C(\C)CN(C)C(=O)c1cccc2ccccc12. The van der Waals surface area contributed by atoms with Gasteiger partial charge in [0.25, 0.3) is 5.91 Å². The maximum atomic E-state index is 12.6. The highest BCUT2D eigenvalue weighted by atomic mass is 16.2. The first-order valence-electron chi connectivity index (χ1n) is 6.65. The predicted octanol–water partition coefficient (Wildman–Crippen LogP) is 4.04. The number of carbonyl (C=O) groups is 1. The monoisotopic (exact) mass is 265 g/mol. The third-order valence-electron chi connectivity index (χ3n) is 3.26. The van der Waals surface area contributed by atoms with E-state index >= 15 is 0 Å². The van der Waals surface area contributed by atoms with Gasteiger partial charge in [0.15, 0.2) is 0 Å². The maximum Gasteiger partial charge on any atom is 0.254 e. The van der Waals surface area contributed by atoms with Crippen molar-refractivity contribution in [2.24, 2.45) is 0 Å². The van der Waals surface area contributed by atoms with Crippen LogP contribution >= 0.6 is 0 Å². The Balaban J connectivity index is 2.32. The van der Waals surface area contributed by atoms with Gasteiger partial charge in [-0.2, -0.15) is 0 Å². The molecule has 0 radical (unpaired) electrons. The second-order valence-electron chi connectivity index (χ2n) is 4.94. The van der Waals surface area contributed by atoms with E-state index in [0.29, 0.717) is 6.54 Å². The zero-order valence-electron chi connectivity index (χ0n) is 12.0. The number of benzene rings is 2. The molecule has 0 unspecified atom stereocenters. The highest BCUT2D eigenvalue weighted by Crippen LogP contribution is 2.19. The summed E-state index contributed by atoms with van der Waals surface area (Å²) in [7, 11) is 1.82. The number of rotatable bonds is 4. The molecule has 0 saturated carbocycles. The van der Waals surface area contributed by atoms with Crippen LogP contribution in [0.4, 0.5) is 0 Å². The van der Waals surface area contributed by atoms with Crippen molar-refractivity contribution in [1.82, 2.24) is 4.90 Å². The summed E-state index contributed by atoms with van der Waals surface area (Å²) in [5.41, 5.74) is 1.85. The van der Waals surface area contributed by atoms with Crippen molar-refractivity contribution in [2.75, 3.05) is 13.6 Å². The Hall–Kier alpha value is -2.35. The molecule has 0 bridgehead atoms. The summed E-state index contributed by atoms with van der Waals surface area (Å²) in [5, 5.41) is 2.09. The van der Waals surface area contributed by atoms with E-state index in [1.807, 2.05) is 62.5 Å². The van der Waals surface area contributed by atoms with Crippen molar-refractivity contribution in [3.05, 3.63) is 72.3 Å². The number of likely N-dealkylation sites (N-methyl/N-ethyl adjacent to an activating group) is 1. The Morgan fingerprint density at radius 2 is 1.90 bits per heavy atom. The van der Waals surface area contributed by atoms with Crippen molar-refractivity contribution in [2.45, 2.75) is 6.92 Å². The van der Waals surface area contributed by atoms with Gasteiger partial charge in [-0.3, -0.25) is 4.79 Å². The minimum atomic E-state index is 0.0404. The van der Waals surface area contributed by atoms with Crippen LogP contribution in [0, 0.1) is 0 Å². The molecule has 0 N–H and O–H groups in total. The summed E-state index contributed by atoms with van der Waals surface area (Å²) in [6, 6.07) is 13.8. The van der Waals surface area contributed by atoms with Gasteiger partial charge in [0, 0.05) is 19.2 Å². The molecule has 0 fully saturated rings. The molecular weight excluding hydrogens is 246 g/mol. The predicted molar refractivity (Wildman–Crippen MR) is 84.9 cm³/mol. The van der Waals surface area contributed by atoms with Crippen molar-refractivity contribution < 1.29 is 4.79 Å². The fourth-order valence-corrected chi connectivity index (χ4v) is 2.32. The van der Waals surface area contributed by atoms with Gasteiger partial charge in [-0.25, -0.2) is 0 Å². The average Bonchev–Trinajstić information content (AvgIpc) is 2.46. The molecule has 1 amide bonds. The summed E-state index contributed by atoms with van der Waals surface area (Å²) in [4.78, 5) is 14.3. The van der Waals surface area contributed by atoms with E-state index in [9.17, 15) is 4.79 Å². The van der Waals surface area contributed by atoms with Gasteiger partial charge < -0.3 is 4.90 Å². The first-order valence-corrected chi connectivity index (χ1v) is 6.65. The molecule has 2 aromatic rings. The van der Waals surface area contributed by atoms with Crippen molar-refractivity contribution in [1.29, 1.82) is 0 Å². The van der Waals surface area contributed by atoms with Gasteiger partial charge in [-0.05, 0) is 23.8 Å². The fourth-order valence-electron chi connectivity index (χ4n) is 2.32. The lowest BCUT2D eigenvalue weighted by Crippen LogP contribution is -2.28. The highest BCUT2D eigenvalue weighted by Gasteiger charge is 2.14. The van der Waals surface area contributed by atoms with Gasteiger partial charge >= 0.3 is 0 Å². The summed E-state index contributed by atoms with van der Waals surface area (Å²) < 4.78 is 0. The molecular formula is C18H19NO. The first kappa shape index (κ1) is 14.1. The summed E-state index contributed by atoms with van der Waals surface area (Å²) >= 11 is 0. The summed E-state index contributed by atoms with van der Waals surface area (Å²) in [5.74, 6) is 0.0404. The number of nitrogens with zero attached hydrogens (tertiary/aromatic N) is 1. The molecule has 2 aromatic carbocycles. The van der Waals surface area contributed by atoms with Crippen LogP contribution in [0.2, 0.25) is 0 Å². The molecule has 0 saturated heterocycles. The topological polar surface area (TPSA) is 20.3 Å². The smallest absolute Gasteiger partial charge is 0.254 e. The molecule has 0 aliphatic carbocycles. The molecule has 102 valence electrons. The third-order valence-corrected chi connectivity index (χ3v) is 3.26. The number of hydrogen-bond donors (Lipinski definition) is 0. The lowest BCUT2D eigenvalue weighted by Gasteiger charge is -2.18. The minimum Gasteiger partial charge on any atom is -0.338 e. The van der Waals surface area contributed by atoms with E-state index in [2.05, 4.69) is 6.58 Å². The average molecular weight is 265 g/mol. The van der Waals surface area contributed by atoms with E-state index in [0.717, 1.165) is 21.9 Å². The fraction of sp³-hybridized carbons (Fsp3) is 0.167. The number of amides is 1. The van der Waals surface area contributed by atoms with E-state index < -0.39 is 0 Å². The van der Waals surface area contributed by atoms with Crippen LogP contribution in [-0.4, -0.2) is 24.4 Å². The van der Waals surface area contributed by atoms with Crippen LogP contribution in [0.25, 0.3) is 10.8 Å². The van der Waals surface area contributed by atoms with Crippen molar-refractivity contribution in [3.63, 3.8) is 0 Å². The quantitative estimate of drug-likeness (QED) is 0.764. The Morgan fingerprint density at radius 3 is 2.65 bits per heavy atom. The van der Waals surface area contributed by atoms with Crippen LogP contribution in [0.15, 0.2) is 66.8 Å². The number of hydrogen-bond acceptors (Lipinski definition) is 1. The van der Waals surface area contributed by atoms with Crippen LogP contribution in [0.1, 0.15) is 17.3 Å². The second kappa shape index (κ2) is 6.20. The van der Waals surface area contributed by atoms with Crippen molar-refractivity contribution in [3.8, 4) is 0 Å². The normalized spacial score (nSPS) is 11.4. The number of fused-ring (bicyclic) bond motifs is 1. The molecule has 2 rings (SSSR count). The molecule has 0 heterocycles. The van der Waals surface area contributed by atoms with Crippen LogP contribution in [-0.2, 0) is 0 Å². The molecule has 20 heavy (non-hydrogen) atoms. The zero-order valence-corrected chi connectivity index (χ0v) is 12.0. The first-order chi connectivity index (χ1) is 9.63. The molecule has 2 heteroatoms. The molecule has 0 aliphatic rings. The van der Waals surface area contributed by atoms with E-state index in [4.69, 9.17) is 0 Å². The molecule has 0 atom stereocenters. The Kier molecular flexibility index (Phi) is 4.36. The number of allylic oxidation sites excluding steroid dienone is 2. The summed E-state index contributed by atoms with van der Waals surface area (Å²) in [6.07, 6.45) is 3.67. The van der Waals surface area contributed by atoms with Gasteiger partial charge in [0.2, 0.25) is 0 Å². The molecule has 0 aliphatic heterocycles. The van der Waals surface area contributed by atoms with Crippen molar-refractivity contribution >= 4 is 16.7 Å². The zero-order chi connectivity index (χ0) is 14.5. The third kappa shape index (κ3) is 2.97. The minimum absolute atomic E-state index is 0.0404. The number of carbonyl (C=O) groups excluding carboxylic acids is 1. The Labute approximate surface area is 120 Å². The van der Waals surface area contributed by atoms with E-state index in [-0.39, 0.29) is 5.91 Å². The molecule has 2 nitrogen and oxygen atoms in total. The summed E-state index contributed by atoms with van der Waals surface area (Å²) in [6.45, 7) is 6.27. The van der Waals surface area contributed by atoms with E-state index in [1.54, 1.807) is 11.0 Å². The highest BCUT2D eigenvalue weighted by molar-refractivity contribution is 6.06. The van der Waals surface area contributed by atoms with Crippen LogP contribution in [0.3, 0.4) is 0 Å². The van der Waals surface area contributed by atoms with Gasteiger partial charge in [0.05, 0.1) is 0 Å². The van der Waals surface area contributed by atoms with E-state index in [1.165, 1.54) is 0 Å². The molecule has 0 spiro atoms. The Bertz CT molecular complexity index is 665. The standard InChI is InChI=1S/C18H19NO/c1-4-8-14(2)13-19(3)18(20)17-12-7-10-15-9-5-6-11-16(15)17/h4-12H,1,13H2,2-3H3/b14-8+. The largest absolute Gasteiger partial charge is 0.338 e. The Morgan fingerprint density at radius 1 is 1.20 bits per heavy atom. The maximum absolute atomic E-state index is 12.6. The molecule has 0 aromatic heterocycles. The van der Waals surface area contributed by atoms with Crippen LogP contribution < -0.4 is 0 Å². The van der Waals surface area contributed by atoms with Gasteiger partial charge in [0.1, 0.15) is 0 Å². The second-order valence-corrected chi connectivity index (χ2v) is 4.94. The lowest BCUT2D eigenvalue weighted by molar-refractivity contribution is 0.0809.